The lowest BCUT2D eigenvalue weighted by Gasteiger charge is -2.31. The molecule has 0 aliphatic carbocycles. The fraction of sp³-hybridized carbons (Fsp3) is 0.875. The van der Waals surface area contributed by atoms with Gasteiger partial charge < -0.3 is 5.73 Å². The molecular weight excluding hydrogens is 170 g/mol. The van der Waals surface area contributed by atoms with E-state index < -0.39 is 0 Å². The minimum atomic E-state index is 0.289. The molecule has 1 heterocycles. The molecule has 1 atom stereocenters. The van der Waals surface area contributed by atoms with E-state index in [1.54, 1.807) is 0 Å². The Hall–Kier alpha value is -0.220. The Balaban J connectivity index is 2.30. The molecule has 0 saturated carbocycles. The van der Waals surface area contributed by atoms with Crippen LogP contribution in [0.5, 0.6) is 0 Å². The third-order valence-corrected chi connectivity index (χ3v) is 3.44. The van der Waals surface area contributed by atoms with Crippen LogP contribution < -0.4 is 5.73 Å². The molecule has 0 aromatic carbocycles. The third-order valence-electron chi connectivity index (χ3n) is 2.07. The topological polar surface area (TPSA) is 53.1 Å². The van der Waals surface area contributed by atoms with E-state index in [1.807, 2.05) is 11.8 Å². The molecule has 1 aliphatic rings. The summed E-state index contributed by atoms with van der Waals surface area (Å²) in [7, 11) is 0. The Morgan fingerprint density at radius 3 is 3.08 bits per heavy atom. The highest BCUT2D eigenvalue weighted by Gasteiger charge is 2.18. The number of hydrogen-bond acceptors (Lipinski definition) is 3. The van der Waals surface area contributed by atoms with Crippen molar-refractivity contribution >= 4 is 17.6 Å². The predicted octanol–water partition coefficient (Wildman–Crippen LogP) is 0.750. The van der Waals surface area contributed by atoms with Crippen LogP contribution in [0.15, 0.2) is 0 Å². The Morgan fingerprint density at radius 1 is 1.75 bits per heavy atom. The van der Waals surface area contributed by atoms with Crippen LogP contribution in [0.1, 0.15) is 13.3 Å². The molecule has 1 unspecified atom stereocenters. The monoisotopic (exact) mass is 187 g/mol. The van der Waals surface area contributed by atoms with Gasteiger partial charge in [0, 0.05) is 24.1 Å². The van der Waals surface area contributed by atoms with Gasteiger partial charge in [0.1, 0.15) is 5.84 Å². The molecule has 12 heavy (non-hydrogen) atoms. The number of nitrogens with zero attached hydrogens (tertiary/aromatic N) is 1. The average molecular weight is 187 g/mol. The minimum absolute atomic E-state index is 0.289. The van der Waals surface area contributed by atoms with Crippen molar-refractivity contribution in [1.82, 2.24) is 4.90 Å². The summed E-state index contributed by atoms with van der Waals surface area (Å²) >= 11 is 2.04. The zero-order chi connectivity index (χ0) is 8.97. The first-order valence-electron chi connectivity index (χ1n) is 4.39. The second-order valence-corrected chi connectivity index (χ2v) is 4.57. The maximum atomic E-state index is 7.18. The van der Waals surface area contributed by atoms with Gasteiger partial charge in [-0.1, -0.05) is 6.92 Å². The van der Waals surface area contributed by atoms with E-state index in [4.69, 9.17) is 11.1 Å². The highest BCUT2D eigenvalue weighted by Crippen LogP contribution is 2.20. The van der Waals surface area contributed by atoms with Crippen LogP contribution in [-0.4, -0.2) is 41.4 Å². The summed E-state index contributed by atoms with van der Waals surface area (Å²) in [6, 6.07) is 0. The van der Waals surface area contributed by atoms with Crippen molar-refractivity contribution in [3.8, 4) is 0 Å². The van der Waals surface area contributed by atoms with Gasteiger partial charge in [-0.05, 0) is 6.42 Å². The molecule has 1 saturated heterocycles. The van der Waals surface area contributed by atoms with Crippen LogP contribution in [0.3, 0.4) is 0 Å². The lowest BCUT2D eigenvalue weighted by atomic mass is 10.3. The smallest absolute Gasteiger partial charge is 0.105 e. The predicted molar refractivity (Wildman–Crippen MR) is 54.9 cm³/mol. The molecule has 4 heteroatoms. The van der Waals surface area contributed by atoms with Crippen molar-refractivity contribution in [3.05, 3.63) is 0 Å². The zero-order valence-electron chi connectivity index (χ0n) is 7.55. The number of hydrogen-bond donors (Lipinski definition) is 2. The van der Waals surface area contributed by atoms with Crippen molar-refractivity contribution in [1.29, 1.82) is 5.41 Å². The lowest BCUT2D eigenvalue weighted by molar-refractivity contribution is 0.318. The number of nitrogens with two attached hydrogens (primary N) is 1. The van der Waals surface area contributed by atoms with Crippen molar-refractivity contribution in [2.24, 2.45) is 5.73 Å². The van der Waals surface area contributed by atoms with E-state index in [2.05, 4.69) is 11.8 Å². The van der Waals surface area contributed by atoms with Crippen LogP contribution in [0.4, 0.5) is 0 Å². The van der Waals surface area contributed by atoms with E-state index in [-0.39, 0.29) is 5.84 Å². The molecule has 3 nitrogen and oxygen atoms in total. The Morgan fingerprint density at radius 2 is 2.50 bits per heavy atom. The summed E-state index contributed by atoms with van der Waals surface area (Å²) in [5.41, 5.74) is 5.35. The maximum absolute atomic E-state index is 7.18. The number of amidine groups is 1. The van der Waals surface area contributed by atoms with Crippen LogP contribution in [-0.2, 0) is 0 Å². The Labute approximate surface area is 78.2 Å². The Kier molecular flexibility index (Phi) is 3.88. The van der Waals surface area contributed by atoms with Gasteiger partial charge in [-0.2, -0.15) is 11.8 Å². The van der Waals surface area contributed by atoms with E-state index in [0.29, 0.717) is 6.54 Å². The second-order valence-electron chi connectivity index (χ2n) is 3.16. The van der Waals surface area contributed by atoms with E-state index in [0.717, 1.165) is 18.3 Å². The summed E-state index contributed by atoms with van der Waals surface area (Å²) in [4.78, 5) is 2.27. The van der Waals surface area contributed by atoms with Crippen molar-refractivity contribution < 1.29 is 0 Å². The minimum Gasteiger partial charge on any atom is -0.387 e. The number of nitrogens with one attached hydrogen (secondary N) is 1. The summed E-state index contributed by atoms with van der Waals surface area (Å²) in [6.45, 7) is 5.05. The van der Waals surface area contributed by atoms with Gasteiger partial charge in [-0.25, -0.2) is 0 Å². The highest BCUT2D eigenvalue weighted by molar-refractivity contribution is 8.00. The van der Waals surface area contributed by atoms with Crippen LogP contribution >= 0.6 is 11.8 Å². The van der Waals surface area contributed by atoms with Gasteiger partial charge in [-0.15, -0.1) is 0 Å². The molecule has 0 amide bonds. The highest BCUT2D eigenvalue weighted by atomic mass is 32.2. The summed E-state index contributed by atoms with van der Waals surface area (Å²) in [6.07, 6.45) is 1.22. The molecule has 1 rings (SSSR count). The van der Waals surface area contributed by atoms with Crippen molar-refractivity contribution in [3.63, 3.8) is 0 Å². The lowest BCUT2D eigenvalue weighted by Crippen LogP contribution is -2.42. The Bertz CT molecular complexity index is 160. The molecule has 70 valence electrons. The van der Waals surface area contributed by atoms with Crippen molar-refractivity contribution in [2.75, 3.05) is 25.4 Å². The zero-order valence-corrected chi connectivity index (χ0v) is 8.36. The van der Waals surface area contributed by atoms with E-state index in [1.165, 1.54) is 12.2 Å². The molecule has 0 aromatic heterocycles. The third kappa shape index (κ3) is 3.03. The van der Waals surface area contributed by atoms with Gasteiger partial charge >= 0.3 is 0 Å². The van der Waals surface area contributed by atoms with Gasteiger partial charge in [0.15, 0.2) is 0 Å². The second kappa shape index (κ2) is 4.72. The molecule has 1 fully saturated rings. The fourth-order valence-corrected chi connectivity index (χ4v) is 2.66. The van der Waals surface area contributed by atoms with Gasteiger partial charge in [0.25, 0.3) is 0 Å². The quantitative estimate of drug-likeness (QED) is 0.506. The fourth-order valence-electron chi connectivity index (χ4n) is 1.41. The average Bonchev–Trinajstić information content (AvgIpc) is 2.03. The summed E-state index contributed by atoms with van der Waals surface area (Å²) in [5.74, 6) is 1.47. The van der Waals surface area contributed by atoms with Crippen LogP contribution in [0.25, 0.3) is 0 Å². The van der Waals surface area contributed by atoms with Crippen LogP contribution in [0.2, 0.25) is 0 Å². The number of rotatable bonds is 3. The van der Waals surface area contributed by atoms with Gasteiger partial charge in [0.05, 0.1) is 6.54 Å². The molecule has 0 spiro atoms. The first-order chi connectivity index (χ1) is 5.72. The standard InChI is InChI=1S/C8H17N3S/c1-2-7-5-11(3-4-12-7)6-8(9)10/h7H,2-6H2,1H3,(H3,9,10). The summed E-state index contributed by atoms with van der Waals surface area (Å²) < 4.78 is 0. The largest absolute Gasteiger partial charge is 0.387 e. The van der Waals surface area contributed by atoms with E-state index in [9.17, 15) is 0 Å². The number of thioether (sulfide) groups is 1. The molecule has 3 N–H and O–H groups in total. The SMILES string of the molecule is CCC1CN(CC(=N)N)CCS1. The van der Waals surface area contributed by atoms with E-state index >= 15 is 0 Å². The summed E-state index contributed by atoms with van der Waals surface area (Å²) in [5, 5.41) is 7.93. The first-order valence-corrected chi connectivity index (χ1v) is 5.44. The van der Waals surface area contributed by atoms with Gasteiger partial charge in [0.2, 0.25) is 0 Å². The molecular formula is C8H17N3S. The maximum Gasteiger partial charge on any atom is 0.105 e. The molecule has 1 aliphatic heterocycles. The van der Waals surface area contributed by atoms with Crippen LogP contribution in [0, 0.1) is 5.41 Å². The molecule has 0 radical (unpaired) electrons. The molecule has 0 aromatic rings. The molecule has 0 bridgehead atoms. The first kappa shape index (κ1) is 9.86. The van der Waals surface area contributed by atoms with Gasteiger partial charge in [-0.3, -0.25) is 10.3 Å². The normalized spacial score (nSPS) is 25.6. The van der Waals surface area contributed by atoms with Crippen molar-refractivity contribution in [2.45, 2.75) is 18.6 Å².